The van der Waals surface area contributed by atoms with Gasteiger partial charge in [-0.3, -0.25) is 0 Å². The topological polar surface area (TPSA) is 23.9 Å². The Bertz CT molecular complexity index is 159. The number of unbranched alkanes of at least 4 members (excludes halogenated alkanes) is 2. The van der Waals surface area contributed by atoms with Crippen LogP contribution in [-0.2, 0) is 0 Å². The van der Waals surface area contributed by atoms with Gasteiger partial charge in [0, 0.05) is 12.1 Å². The molecule has 0 aromatic carbocycles. The van der Waals surface area contributed by atoms with Crippen LogP contribution in [0.2, 0.25) is 0 Å². The third kappa shape index (κ3) is 7.76. The molecule has 0 bridgehead atoms. The molecule has 1 heteroatoms. The van der Waals surface area contributed by atoms with Crippen LogP contribution in [-0.4, -0.2) is 5.71 Å². The third-order valence-corrected chi connectivity index (χ3v) is 2.15. The van der Waals surface area contributed by atoms with Crippen LogP contribution in [0.3, 0.4) is 0 Å². The van der Waals surface area contributed by atoms with E-state index in [-0.39, 0.29) is 0 Å². The first-order valence-electron chi connectivity index (χ1n) is 5.43. The van der Waals surface area contributed by atoms with Gasteiger partial charge in [0.05, 0.1) is 0 Å². The highest BCUT2D eigenvalue weighted by molar-refractivity contribution is 5.83. The molecule has 0 aliphatic rings. The molecular formula is C12H23N. The first kappa shape index (κ1) is 12.4. The lowest BCUT2D eigenvalue weighted by molar-refractivity contribution is 0.735. The Kier molecular flexibility index (Phi) is 7.66. The molecule has 0 atom stereocenters. The minimum absolute atomic E-state index is 0.831. The van der Waals surface area contributed by atoms with Crippen LogP contribution in [0.15, 0.2) is 12.2 Å². The van der Waals surface area contributed by atoms with Gasteiger partial charge in [-0.1, -0.05) is 45.3 Å². The standard InChI is InChI=1S/C12H23N/c1-4-6-7-9-12(13)10-11(3)8-5-2/h13H,3-10H2,1-2H3. The highest BCUT2D eigenvalue weighted by Gasteiger charge is 1.99. The first-order valence-corrected chi connectivity index (χ1v) is 5.43. The van der Waals surface area contributed by atoms with Gasteiger partial charge in [0.25, 0.3) is 0 Å². The molecular weight excluding hydrogens is 158 g/mol. The lowest BCUT2D eigenvalue weighted by Crippen LogP contribution is -1.98. The van der Waals surface area contributed by atoms with Crippen molar-refractivity contribution in [2.75, 3.05) is 0 Å². The fourth-order valence-electron chi connectivity index (χ4n) is 1.42. The summed E-state index contributed by atoms with van der Waals surface area (Å²) in [6.45, 7) is 8.32. The number of rotatable bonds is 8. The Labute approximate surface area is 82.7 Å². The Morgan fingerprint density at radius 1 is 1.08 bits per heavy atom. The zero-order valence-corrected chi connectivity index (χ0v) is 9.16. The number of hydrogen-bond donors (Lipinski definition) is 1. The van der Waals surface area contributed by atoms with E-state index in [2.05, 4.69) is 20.4 Å². The van der Waals surface area contributed by atoms with Gasteiger partial charge in [-0.15, -0.1) is 0 Å². The molecule has 0 unspecified atom stereocenters. The zero-order chi connectivity index (χ0) is 10.1. The second-order valence-electron chi connectivity index (χ2n) is 3.74. The van der Waals surface area contributed by atoms with E-state index >= 15 is 0 Å². The van der Waals surface area contributed by atoms with Gasteiger partial charge < -0.3 is 5.41 Å². The molecule has 0 aliphatic heterocycles. The molecule has 0 rings (SSSR count). The van der Waals surface area contributed by atoms with Crippen molar-refractivity contribution in [3.05, 3.63) is 12.2 Å². The predicted molar refractivity (Wildman–Crippen MR) is 60.5 cm³/mol. The molecule has 1 N–H and O–H groups in total. The Morgan fingerprint density at radius 2 is 1.77 bits per heavy atom. The summed E-state index contributed by atoms with van der Waals surface area (Å²) in [5.74, 6) is 0. The summed E-state index contributed by atoms with van der Waals surface area (Å²) in [5, 5.41) is 7.72. The molecule has 0 fully saturated rings. The molecule has 76 valence electrons. The monoisotopic (exact) mass is 181 g/mol. The van der Waals surface area contributed by atoms with Crippen LogP contribution < -0.4 is 0 Å². The SMILES string of the molecule is C=C(CCC)CC(=N)CCCCC. The average molecular weight is 181 g/mol. The maximum absolute atomic E-state index is 7.72. The summed E-state index contributed by atoms with van der Waals surface area (Å²) in [6.07, 6.45) is 7.70. The molecule has 0 saturated carbocycles. The van der Waals surface area contributed by atoms with E-state index in [0.717, 1.165) is 31.4 Å². The Hall–Kier alpha value is -0.590. The van der Waals surface area contributed by atoms with E-state index in [0.29, 0.717) is 0 Å². The minimum Gasteiger partial charge on any atom is -0.309 e. The highest BCUT2D eigenvalue weighted by Crippen LogP contribution is 2.10. The second kappa shape index (κ2) is 8.03. The van der Waals surface area contributed by atoms with E-state index < -0.39 is 0 Å². The fraction of sp³-hybridized carbons (Fsp3) is 0.750. The second-order valence-corrected chi connectivity index (χ2v) is 3.74. The van der Waals surface area contributed by atoms with Crippen molar-refractivity contribution in [2.45, 2.75) is 58.8 Å². The molecule has 13 heavy (non-hydrogen) atoms. The van der Waals surface area contributed by atoms with Crippen LogP contribution >= 0.6 is 0 Å². The van der Waals surface area contributed by atoms with Crippen LogP contribution in [0.25, 0.3) is 0 Å². The van der Waals surface area contributed by atoms with Crippen LogP contribution in [0.5, 0.6) is 0 Å². The summed E-state index contributed by atoms with van der Waals surface area (Å²) in [5.41, 5.74) is 2.09. The van der Waals surface area contributed by atoms with Crippen molar-refractivity contribution in [3.8, 4) is 0 Å². The van der Waals surface area contributed by atoms with Crippen molar-refractivity contribution in [1.29, 1.82) is 5.41 Å². The van der Waals surface area contributed by atoms with Crippen molar-refractivity contribution in [1.82, 2.24) is 0 Å². The lowest BCUT2D eigenvalue weighted by Gasteiger charge is -2.05. The summed E-state index contributed by atoms with van der Waals surface area (Å²) >= 11 is 0. The molecule has 0 spiro atoms. The molecule has 0 heterocycles. The van der Waals surface area contributed by atoms with E-state index in [1.165, 1.54) is 24.8 Å². The largest absolute Gasteiger partial charge is 0.309 e. The molecule has 1 nitrogen and oxygen atoms in total. The van der Waals surface area contributed by atoms with Gasteiger partial charge in [0.1, 0.15) is 0 Å². The van der Waals surface area contributed by atoms with E-state index in [1.54, 1.807) is 0 Å². The normalized spacial score (nSPS) is 10.0. The summed E-state index contributed by atoms with van der Waals surface area (Å²) in [6, 6.07) is 0. The Balaban J connectivity index is 3.44. The lowest BCUT2D eigenvalue weighted by atomic mass is 10.0. The summed E-state index contributed by atoms with van der Waals surface area (Å²) in [7, 11) is 0. The minimum atomic E-state index is 0.831. The number of hydrogen-bond acceptors (Lipinski definition) is 1. The van der Waals surface area contributed by atoms with Gasteiger partial charge in [-0.25, -0.2) is 0 Å². The van der Waals surface area contributed by atoms with Crippen molar-refractivity contribution < 1.29 is 0 Å². The first-order chi connectivity index (χ1) is 6.20. The summed E-state index contributed by atoms with van der Waals surface area (Å²) < 4.78 is 0. The zero-order valence-electron chi connectivity index (χ0n) is 9.16. The van der Waals surface area contributed by atoms with Crippen LogP contribution in [0, 0.1) is 5.41 Å². The molecule has 0 aromatic heterocycles. The highest BCUT2D eigenvalue weighted by atomic mass is 14.4. The quantitative estimate of drug-likeness (QED) is 0.327. The molecule has 0 aromatic rings. The third-order valence-electron chi connectivity index (χ3n) is 2.15. The Morgan fingerprint density at radius 3 is 2.31 bits per heavy atom. The summed E-state index contributed by atoms with van der Waals surface area (Å²) in [4.78, 5) is 0. The van der Waals surface area contributed by atoms with Gasteiger partial charge in [-0.05, 0) is 19.3 Å². The van der Waals surface area contributed by atoms with Gasteiger partial charge in [0.15, 0.2) is 0 Å². The van der Waals surface area contributed by atoms with Gasteiger partial charge in [0.2, 0.25) is 0 Å². The van der Waals surface area contributed by atoms with Gasteiger partial charge in [-0.2, -0.15) is 0 Å². The maximum atomic E-state index is 7.72. The van der Waals surface area contributed by atoms with Crippen LogP contribution in [0.1, 0.15) is 58.8 Å². The van der Waals surface area contributed by atoms with Crippen LogP contribution in [0.4, 0.5) is 0 Å². The maximum Gasteiger partial charge on any atom is 0.0129 e. The molecule has 0 radical (unpaired) electrons. The average Bonchev–Trinajstić information content (AvgIpc) is 2.05. The van der Waals surface area contributed by atoms with Crippen molar-refractivity contribution >= 4 is 5.71 Å². The van der Waals surface area contributed by atoms with E-state index in [4.69, 9.17) is 5.41 Å². The van der Waals surface area contributed by atoms with Crippen molar-refractivity contribution in [3.63, 3.8) is 0 Å². The number of nitrogens with one attached hydrogen (secondary N) is 1. The molecule has 0 saturated heterocycles. The number of allylic oxidation sites excluding steroid dienone is 1. The smallest absolute Gasteiger partial charge is 0.0129 e. The fourth-order valence-corrected chi connectivity index (χ4v) is 1.42. The van der Waals surface area contributed by atoms with Crippen molar-refractivity contribution in [2.24, 2.45) is 0 Å². The molecule has 0 amide bonds. The molecule has 0 aliphatic carbocycles. The van der Waals surface area contributed by atoms with Gasteiger partial charge >= 0.3 is 0 Å². The van der Waals surface area contributed by atoms with E-state index in [9.17, 15) is 0 Å². The predicted octanol–water partition coefficient (Wildman–Crippen LogP) is 4.33. The van der Waals surface area contributed by atoms with E-state index in [1.807, 2.05) is 0 Å².